The van der Waals surface area contributed by atoms with Gasteiger partial charge in [0.15, 0.2) is 5.75 Å². The zero-order valence-electron chi connectivity index (χ0n) is 17.7. The van der Waals surface area contributed by atoms with E-state index in [9.17, 15) is 13.2 Å². The molecule has 0 aliphatic carbocycles. The van der Waals surface area contributed by atoms with Crippen LogP contribution in [0.3, 0.4) is 0 Å². The molecule has 2 aliphatic heterocycles. The zero-order chi connectivity index (χ0) is 23.3. The van der Waals surface area contributed by atoms with Gasteiger partial charge in [-0.1, -0.05) is 11.6 Å². The molecule has 5 rings (SSSR count). The van der Waals surface area contributed by atoms with E-state index < -0.39 is 11.7 Å². The number of ether oxygens (including phenoxy) is 2. The van der Waals surface area contributed by atoms with Gasteiger partial charge in [-0.25, -0.2) is 15.0 Å². The van der Waals surface area contributed by atoms with E-state index in [1.807, 2.05) is 0 Å². The number of aryl methyl sites for hydroxylation is 1. The highest BCUT2D eigenvalue weighted by atomic mass is 35.5. The van der Waals surface area contributed by atoms with Gasteiger partial charge in [-0.15, -0.1) is 0 Å². The number of nitrogens with zero attached hydrogens (tertiary/aromatic N) is 4. The molecule has 2 aliphatic rings. The van der Waals surface area contributed by atoms with Crippen molar-refractivity contribution in [3.05, 3.63) is 34.6 Å². The van der Waals surface area contributed by atoms with Crippen LogP contribution in [-0.4, -0.2) is 47.9 Å². The minimum Gasteiger partial charge on any atom is -0.489 e. The van der Waals surface area contributed by atoms with Crippen LogP contribution >= 0.6 is 11.6 Å². The summed E-state index contributed by atoms with van der Waals surface area (Å²) < 4.78 is 53.0. The van der Waals surface area contributed by atoms with Crippen LogP contribution in [0.1, 0.15) is 17.5 Å². The first kappa shape index (κ1) is 22.0. The van der Waals surface area contributed by atoms with Gasteiger partial charge in [-0.05, 0) is 31.0 Å². The normalized spacial score (nSPS) is 16.5. The summed E-state index contributed by atoms with van der Waals surface area (Å²) in [4.78, 5) is 14.9. The number of halogens is 4. The molecule has 33 heavy (non-hydrogen) atoms. The first-order valence-electron chi connectivity index (χ1n) is 10.5. The second-order valence-electron chi connectivity index (χ2n) is 8.27. The summed E-state index contributed by atoms with van der Waals surface area (Å²) in [6.45, 7) is 4.45. The Morgan fingerprint density at radius 2 is 2.03 bits per heavy atom. The molecule has 4 heterocycles. The Labute approximate surface area is 192 Å². The fourth-order valence-corrected chi connectivity index (χ4v) is 4.61. The second-order valence-corrected chi connectivity index (χ2v) is 8.65. The maximum absolute atomic E-state index is 13.9. The summed E-state index contributed by atoms with van der Waals surface area (Å²) in [5.41, 5.74) is 5.00. The molecule has 11 heteroatoms. The summed E-state index contributed by atoms with van der Waals surface area (Å²) >= 11 is 6.67. The molecule has 3 aromatic rings. The van der Waals surface area contributed by atoms with Gasteiger partial charge >= 0.3 is 6.18 Å². The van der Waals surface area contributed by atoms with Crippen molar-refractivity contribution in [1.82, 2.24) is 15.0 Å². The van der Waals surface area contributed by atoms with E-state index in [2.05, 4.69) is 19.9 Å². The molecular formula is C22H21ClF3N5O2. The van der Waals surface area contributed by atoms with Gasteiger partial charge in [0.2, 0.25) is 0 Å². The Hall–Kier alpha value is -2.85. The van der Waals surface area contributed by atoms with E-state index in [0.717, 1.165) is 26.2 Å². The van der Waals surface area contributed by atoms with Crippen LogP contribution in [0.25, 0.3) is 22.2 Å². The topological polar surface area (TPSA) is 86.4 Å². The summed E-state index contributed by atoms with van der Waals surface area (Å²) in [6.07, 6.45) is -2.31. The van der Waals surface area contributed by atoms with Crippen molar-refractivity contribution in [2.45, 2.75) is 19.5 Å². The molecule has 0 spiro atoms. The van der Waals surface area contributed by atoms with E-state index in [-0.39, 0.29) is 33.4 Å². The molecule has 1 fully saturated rings. The Morgan fingerprint density at radius 3 is 2.73 bits per heavy atom. The lowest BCUT2D eigenvalue weighted by atomic mass is 9.99. The van der Waals surface area contributed by atoms with Crippen LogP contribution < -0.4 is 15.4 Å². The van der Waals surface area contributed by atoms with Crippen molar-refractivity contribution >= 4 is 34.1 Å². The van der Waals surface area contributed by atoms with E-state index in [4.69, 9.17) is 26.8 Å². The van der Waals surface area contributed by atoms with Crippen LogP contribution in [0.15, 0.2) is 18.5 Å². The minimum atomic E-state index is -4.65. The fraction of sp³-hybridized carbons (Fsp3) is 0.409. The fourth-order valence-electron chi connectivity index (χ4n) is 4.32. The Balaban J connectivity index is 1.68. The number of nitrogen functional groups attached to an aromatic ring is 1. The quantitative estimate of drug-likeness (QED) is 0.590. The third-order valence-corrected chi connectivity index (χ3v) is 6.37. The molecule has 1 saturated heterocycles. The maximum Gasteiger partial charge on any atom is 0.418 e. The monoisotopic (exact) mass is 479 g/mol. The summed E-state index contributed by atoms with van der Waals surface area (Å²) in [7, 11) is 0. The van der Waals surface area contributed by atoms with Gasteiger partial charge in [0.05, 0.1) is 46.9 Å². The van der Waals surface area contributed by atoms with Gasteiger partial charge in [-0.3, -0.25) is 0 Å². The lowest BCUT2D eigenvalue weighted by Crippen LogP contribution is -2.35. The molecule has 0 amide bonds. The summed E-state index contributed by atoms with van der Waals surface area (Å²) in [6, 6.07) is 2.69. The SMILES string of the molecule is Cc1cc(N)nc(-c2cc3ncnc4c3c(c2Cl)OCCN4CCC2COC2)c1C(F)(F)F. The minimum absolute atomic E-state index is 0.0239. The number of aromatic nitrogens is 3. The lowest BCUT2D eigenvalue weighted by molar-refractivity contribution is -0.137. The van der Waals surface area contributed by atoms with Gasteiger partial charge in [0.25, 0.3) is 0 Å². The van der Waals surface area contributed by atoms with Gasteiger partial charge in [0.1, 0.15) is 24.6 Å². The molecule has 0 radical (unpaired) electrons. The highest BCUT2D eigenvalue weighted by Gasteiger charge is 2.38. The van der Waals surface area contributed by atoms with E-state index in [1.54, 1.807) is 0 Å². The Bertz CT molecular complexity index is 1230. The van der Waals surface area contributed by atoms with Crippen molar-refractivity contribution in [2.75, 3.05) is 43.5 Å². The standard InChI is InChI=1S/C22H21ClF3N5O2/c1-11-6-15(27)30-19(17(11)22(24,25)26)13-7-14-16-20(18(13)23)33-5-4-31(21(16)29-10-28-14)3-2-12-8-32-9-12/h6-7,10,12H,2-5,8-9H2,1H3,(H2,27,30). The Morgan fingerprint density at radius 1 is 1.24 bits per heavy atom. The molecule has 0 atom stereocenters. The molecule has 1 aromatic carbocycles. The number of anilines is 2. The van der Waals surface area contributed by atoms with Crippen molar-refractivity contribution in [3.8, 4) is 17.0 Å². The first-order valence-corrected chi connectivity index (χ1v) is 10.9. The maximum atomic E-state index is 13.9. The van der Waals surface area contributed by atoms with Gasteiger partial charge < -0.3 is 20.1 Å². The first-order chi connectivity index (χ1) is 15.7. The van der Waals surface area contributed by atoms with Crippen molar-refractivity contribution in [2.24, 2.45) is 5.92 Å². The Kier molecular flexibility index (Phi) is 5.44. The number of nitrogens with two attached hydrogens (primary N) is 1. The van der Waals surface area contributed by atoms with E-state index in [0.29, 0.717) is 35.8 Å². The molecule has 0 saturated carbocycles. The lowest BCUT2D eigenvalue weighted by Gasteiger charge is -2.29. The number of hydrogen-bond acceptors (Lipinski definition) is 7. The summed E-state index contributed by atoms with van der Waals surface area (Å²) in [5.74, 6) is 1.38. The van der Waals surface area contributed by atoms with Gasteiger partial charge in [0, 0.05) is 18.0 Å². The predicted octanol–water partition coefficient (Wildman–Crippen LogP) is 4.49. The number of pyridine rings is 1. The zero-order valence-corrected chi connectivity index (χ0v) is 18.5. The average molecular weight is 480 g/mol. The van der Waals surface area contributed by atoms with Crippen molar-refractivity contribution in [1.29, 1.82) is 0 Å². The van der Waals surface area contributed by atoms with Crippen LogP contribution in [0.5, 0.6) is 5.75 Å². The third-order valence-electron chi connectivity index (χ3n) is 6.00. The summed E-state index contributed by atoms with van der Waals surface area (Å²) in [5, 5.41) is 0.596. The largest absolute Gasteiger partial charge is 0.489 e. The average Bonchev–Trinajstić information content (AvgIpc) is 2.89. The number of benzene rings is 1. The van der Waals surface area contributed by atoms with Crippen LogP contribution in [-0.2, 0) is 10.9 Å². The number of hydrogen-bond donors (Lipinski definition) is 1. The smallest absolute Gasteiger partial charge is 0.418 e. The van der Waals surface area contributed by atoms with E-state index >= 15 is 0 Å². The predicted molar refractivity (Wildman–Crippen MR) is 119 cm³/mol. The van der Waals surface area contributed by atoms with Gasteiger partial charge in [-0.2, -0.15) is 13.2 Å². The number of rotatable bonds is 4. The number of alkyl halides is 3. The second kappa shape index (κ2) is 8.18. The molecule has 7 nitrogen and oxygen atoms in total. The van der Waals surface area contributed by atoms with E-state index in [1.165, 1.54) is 25.4 Å². The molecular weight excluding hydrogens is 459 g/mol. The van der Waals surface area contributed by atoms with Crippen LogP contribution in [0.4, 0.5) is 24.8 Å². The highest BCUT2D eigenvalue weighted by molar-refractivity contribution is 6.36. The van der Waals surface area contributed by atoms with Crippen LogP contribution in [0.2, 0.25) is 5.02 Å². The van der Waals surface area contributed by atoms with Crippen molar-refractivity contribution < 1.29 is 22.6 Å². The molecule has 2 aromatic heterocycles. The third kappa shape index (κ3) is 3.91. The van der Waals surface area contributed by atoms with Crippen LogP contribution in [0, 0.1) is 12.8 Å². The van der Waals surface area contributed by atoms with Crippen molar-refractivity contribution in [3.63, 3.8) is 0 Å². The highest BCUT2D eigenvalue weighted by Crippen LogP contribution is 2.47. The molecule has 0 unspecified atom stereocenters. The molecule has 2 N–H and O–H groups in total. The molecule has 0 bridgehead atoms. The molecule has 174 valence electrons.